The lowest BCUT2D eigenvalue weighted by atomic mass is 10.0. The standard InChI is InChI=1S/C30H29N3O5/c1-17-22-10-7-18(16-32-28(34)23-11-8-19(31)14-25(23)29(32)35)13-24(22)30(36)33(17)20-9-12-26(37-2)27(15-20)38-21-5-3-4-6-21/h7-15,17,21H,3-6,16,31H2,1-2H3. The number of benzene rings is 3. The van der Waals surface area contributed by atoms with Crippen molar-refractivity contribution in [2.24, 2.45) is 0 Å². The topological polar surface area (TPSA) is 102 Å². The van der Waals surface area contributed by atoms with Crippen molar-refractivity contribution in [3.63, 3.8) is 0 Å². The fourth-order valence-electron chi connectivity index (χ4n) is 5.76. The molecule has 1 atom stereocenters. The maximum atomic E-state index is 13.6. The molecule has 1 saturated carbocycles. The number of methoxy groups -OCH3 is 1. The first-order valence-corrected chi connectivity index (χ1v) is 12.9. The molecular weight excluding hydrogens is 482 g/mol. The third-order valence-corrected chi connectivity index (χ3v) is 7.76. The van der Waals surface area contributed by atoms with Gasteiger partial charge in [-0.3, -0.25) is 19.3 Å². The number of hydrogen-bond donors (Lipinski definition) is 1. The van der Waals surface area contributed by atoms with Crippen LogP contribution in [0.15, 0.2) is 54.6 Å². The van der Waals surface area contributed by atoms with E-state index in [9.17, 15) is 14.4 Å². The van der Waals surface area contributed by atoms with E-state index in [0.717, 1.165) is 36.9 Å². The zero-order valence-corrected chi connectivity index (χ0v) is 21.4. The van der Waals surface area contributed by atoms with Gasteiger partial charge in [-0.2, -0.15) is 0 Å². The van der Waals surface area contributed by atoms with Crippen molar-refractivity contribution in [1.29, 1.82) is 0 Å². The van der Waals surface area contributed by atoms with Gasteiger partial charge >= 0.3 is 0 Å². The lowest BCUT2D eigenvalue weighted by Crippen LogP contribution is -2.29. The van der Waals surface area contributed by atoms with E-state index in [-0.39, 0.29) is 36.4 Å². The fraction of sp³-hybridized carbons (Fsp3) is 0.300. The smallest absolute Gasteiger partial charge is 0.261 e. The van der Waals surface area contributed by atoms with Crippen molar-refractivity contribution in [2.45, 2.75) is 51.3 Å². The summed E-state index contributed by atoms with van der Waals surface area (Å²) in [7, 11) is 1.61. The third kappa shape index (κ3) is 3.88. The molecule has 8 nitrogen and oxygen atoms in total. The summed E-state index contributed by atoms with van der Waals surface area (Å²) in [5.74, 6) is 0.399. The van der Waals surface area contributed by atoms with E-state index >= 15 is 0 Å². The molecule has 0 saturated heterocycles. The van der Waals surface area contributed by atoms with Gasteiger partial charge < -0.3 is 20.1 Å². The number of carbonyl (C=O) groups excluding carboxylic acids is 3. The number of anilines is 2. The molecule has 1 unspecified atom stereocenters. The average Bonchev–Trinajstić information content (AvgIpc) is 3.57. The molecule has 3 amide bonds. The minimum Gasteiger partial charge on any atom is -0.493 e. The molecule has 3 aliphatic rings. The lowest BCUT2D eigenvalue weighted by Gasteiger charge is -2.24. The number of ether oxygens (including phenoxy) is 2. The lowest BCUT2D eigenvalue weighted by molar-refractivity contribution is 0.0642. The Morgan fingerprint density at radius 1 is 0.842 bits per heavy atom. The molecule has 2 heterocycles. The van der Waals surface area contributed by atoms with E-state index in [1.807, 2.05) is 37.3 Å². The second-order valence-electron chi connectivity index (χ2n) is 10.1. The summed E-state index contributed by atoms with van der Waals surface area (Å²) >= 11 is 0. The molecule has 0 radical (unpaired) electrons. The molecule has 194 valence electrons. The molecular formula is C30H29N3O5. The SMILES string of the molecule is COc1ccc(N2C(=O)c3cc(CN4C(=O)c5ccc(N)cc5C4=O)ccc3C2C)cc1OC1CCCC1. The number of hydrogen-bond acceptors (Lipinski definition) is 6. The molecule has 1 aliphatic carbocycles. The molecule has 0 spiro atoms. The van der Waals surface area contributed by atoms with E-state index in [1.165, 1.54) is 11.0 Å². The number of amides is 3. The van der Waals surface area contributed by atoms with Crippen LogP contribution in [0.1, 0.15) is 80.8 Å². The Kier molecular flexibility index (Phi) is 5.82. The van der Waals surface area contributed by atoms with Crippen molar-refractivity contribution in [2.75, 3.05) is 17.7 Å². The van der Waals surface area contributed by atoms with Crippen LogP contribution < -0.4 is 20.1 Å². The van der Waals surface area contributed by atoms with Crippen molar-refractivity contribution in [3.8, 4) is 11.5 Å². The zero-order chi connectivity index (χ0) is 26.6. The Hall–Kier alpha value is -4.33. The van der Waals surface area contributed by atoms with E-state index in [2.05, 4.69) is 0 Å². The van der Waals surface area contributed by atoms with Gasteiger partial charge in [-0.1, -0.05) is 12.1 Å². The number of imide groups is 1. The zero-order valence-electron chi connectivity index (χ0n) is 21.4. The molecule has 6 rings (SSSR count). The van der Waals surface area contributed by atoms with Crippen molar-refractivity contribution in [3.05, 3.63) is 82.4 Å². The second-order valence-corrected chi connectivity index (χ2v) is 10.1. The minimum absolute atomic E-state index is 0.0725. The third-order valence-electron chi connectivity index (χ3n) is 7.76. The van der Waals surface area contributed by atoms with Gasteiger partial charge in [0.1, 0.15) is 0 Å². The van der Waals surface area contributed by atoms with Crippen LogP contribution in [0.4, 0.5) is 11.4 Å². The molecule has 2 aliphatic heterocycles. The summed E-state index contributed by atoms with van der Waals surface area (Å²) in [4.78, 5) is 42.4. The molecule has 1 fully saturated rings. The first-order chi connectivity index (χ1) is 18.4. The van der Waals surface area contributed by atoms with E-state index < -0.39 is 0 Å². The maximum absolute atomic E-state index is 13.6. The van der Waals surface area contributed by atoms with Crippen LogP contribution in [0.5, 0.6) is 11.5 Å². The molecule has 2 N–H and O–H groups in total. The average molecular weight is 512 g/mol. The maximum Gasteiger partial charge on any atom is 0.261 e. The van der Waals surface area contributed by atoms with E-state index in [0.29, 0.717) is 39.4 Å². The first-order valence-electron chi connectivity index (χ1n) is 12.9. The van der Waals surface area contributed by atoms with Gasteiger partial charge in [-0.15, -0.1) is 0 Å². The Bertz CT molecular complexity index is 1480. The highest BCUT2D eigenvalue weighted by Crippen LogP contribution is 2.42. The first kappa shape index (κ1) is 24.0. The monoisotopic (exact) mass is 511 g/mol. The van der Waals surface area contributed by atoms with Crippen LogP contribution in [0.25, 0.3) is 0 Å². The van der Waals surface area contributed by atoms with Crippen LogP contribution in [-0.4, -0.2) is 35.8 Å². The molecule has 3 aromatic carbocycles. The van der Waals surface area contributed by atoms with Gasteiger partial charge in [0.05, 0.1) is 36.9 Å². The number of fused-ring (bicyclic) bond motifs is 2. The normalized spacial score (nSPS) is 18.8. The van der Waals surface area contributed by atoms with Gasteiger partial charge in [0, 0.05) is 23.0 Å². The van der Waals surface area contributed by atoms with Gasteiger partial charge in [-0.05, 0) is 80.1 Å². The summed E-state index contributed by atoms with van der Waals surface area (Å²) in [6.07, 6.45) is 4.49. The fourth-order valence-corrected chi connectivity index (χ4v) is 5.76. The summed E-state index contributed by atoms with van der Waals surface area (Å²) < 4.78 is 11.8. The minimum atomic E-state index is -0.382. The molecule has 0 aromatic heterocycles. The molecule has 3 aromatic rings. The second kappa shape index (κ2) is 9.20. The number of nitrogens with two attached hydrogens (primary N) is 1. The quantitative estimate of drug-likeness (QED) is 0.364. The van der Waals surface area contributed by atoms with Gasteiger partial charge in [0.2, 0.25) is 0 Å². The Balaban J connectivity index is 1.26. The number of nitrogen functional groups attached to an aromatic ring is 1. The predicted molar refractivity (Wildman–Crippen MR) is 143 cm³/mol. The number of carbonyl (C=O) groups is 3. The van der Waals surface area contributed by atoms with Crippen LogP contribution >= 0.6 is 0 Å². The summed E-state index contributed by atoms with van der Waals surface area (Å²) in [5, 5.41) is 0. The van der Waals surface area contributed by atoms with E-state index in [1.54, 1.807) is 30.2 Å². The van der Waals surface area contributed by atoms with Crippen molar-refractivity contribution >= 4 is 29.1 Å². The molecule has 8 heteroatoms. The van der Waals surface area contributed by atoms with Gasteiger partial charge in [0.15, 0.2) is 11.5 Å². The predicted octanol–water partition coefficient (Wildman–Crippen LogP) is 5.12. The van der Waals surface area contributed by atoms with Crippen LogP contribution in [-0.2, 0) is 6.54 Å². The van der Waals surface area contributed by atoms with Crippen molar-refractivity contribution in [1.82, 2.24) is 4.90 Å². The van der Waals surface area contributed by atoms with Crippen LogP contribution in [0, 0.1) is 0 Å². The summed E-state index contributed by atoms with van der Waals surface area (Å²) in [5.41, 5.74) is 9.78. The largest absolute Gasteiger partial charge is 0.493 e. The number of rotatable bonds is 6. The van der Waals surface area contributed by atoms with Crippen molar-refractivity contribution < 1.29 is 23.9 Å². The van der Waals surface area contributed by atoms with Gasteiger partial charge in [-0.25, -0.2) is 0 Å². The highest BCUT2D eigenvalue weighted by molar-refractivity contribution is 6.21. The van der Waals surface area contributed by atoms with Crippen LogP contribution in [0.3, 0.4) is 0 Å². The Labute approximate surface area is 220 Å². The highest BCUT2D eigenvalue weighted by Gasteiger charge is 2.38. The summed E-state index contributed by atoms with van der Waals surface area (Å²) in [6, 6.07) is 15.7. The Morgan fingerprint density at radius 2 is 1.61 bits per heavy atom. The number of nitrogens with zero attached hydrogens (tertiary/aromatic N) is 2. The Morgan fingerprint density at radius 3 is 2.37 bits per heavy atom. The van der Waals surface area contributed by atoms with Crippen LogP contribution in [0.2, 0.25) is 0 Å². The van der Waals surface area contributed by atoms with Gasteiger partial charge in [0.25, 0.3) is 17.7 Å². The van der Waals surface area contributed by atoms with E-state index in [4.69, 9.17) is 15.2 Å². The highest BCUT2D eigenvalue weighted by atomic mass is 16.5. The molecule has 38 heavy (non-hydrogen) atoms. The summed E-state index contributed by atoms with van der Waals surface area (Å²) in [6.45, 7) is 2.06. The molecule has 0 bridgehead atoms.